The Morgan fingerprint density at radius 1 is 1.21 bits per heavy atom. The summed E-state index contributed by atoms with van der Waals surface area (Å²) in [5.74, 6) is -0.844. The number of halogens is 2. The second kappa shape index (κ2) is 9.00. The summed E-state index contributed by atoms with van der Waals surface area (Å²) in [6.45, 7) is 1.19. The number of sulfonamides is 1. The lowest BCUT2D eigenvalue weighted by atomic mass is 9.88. The molecule has 0 spiro atoms. The summed E-state index contributed by atoms with van der Waals surface area (Å²) in [7, 11) is -4.22. The minimum Gasteiger partial charge on any atom is -0.489 e. The normalized spacial score (nSPS) is 25.8. The van der Waals surface area contributed by atoms with Crippen molar-refractivity contribution >= 4 is 15.9 Å². The van der Waals surface area contributed by atoms with Crippen LogP contribution in [0.1, 0.15) is 25.3 Å². The van der Waals surface area contributed by atoms with E-state index in [1.54, 1.807) is 42.5 Å². The fraction of sp³-hybridized carbons (Fsp3) is 0.435. The number of rotatable bonds is 3. The molecule has 3 atom stereocenters. The fourth-order valence-corrected chi connectivity index (χ4v) is 5.34. The first-order valence-corrected chi connectivity index (χ1v) is 12.4. The molecule has 2 aliphatic heterocycles. The molecule has 3 unspecified atom stereocenters. The molecule has 0 saturated carbocycles. The minimum absolute atomic E-state index is 0.00993. The number of aliphatic hydroxyl groups is 1. The van der Waals surface area contributed by atoms with Gasteiger partial charge in [0.05, 0.1) is 6.04 Å². The molecule has 2 N–H and O–H groups in total. The van der Waals surface area contributed by atoms with Crippen LogP contribution < -0.4 is 9.46 Å². The van der Waals surface area contributed by atoms with Crippen LogP contribution in [0, 0.1) is 5.82 Å². The molecule has 4 rings (SSSR count). The Bertz CT molecular complexity index is 1160. The Labute approximate surface area is 191 Å². The summed E-state index contributed by atoms with van der Waals surface area (Å²) in [6, 6.07) is 8.38. The first kappa shape index (κ1) is 23.6. The van der Waals surface area contributed by atoms with Gasteiger partial charge in [-0.25, -0.2) is 21.9 Å². The van der Waals surface area contributed by atoms with Crippen molar-refractivity contribution in [1.82, 2.24) is 9.62 Å². The summed E-state index contributed by atoms with van der Waals surface area (Å²) in [5.41, 5.74) is -0.886. The van der Waals surface area contributed by atoms with Crippen LogP contribution in [0.3, 0.4) is 0 Å². The number of nitrogens with zero attached hydrogens (tertiary/aromatic N) is 1. The lowest BCUT2D eigenvalue weighted by Crippen LogP contribution is -2.62. The third kappa shape index (κ3) is 4.73. The topological polar surface area (TPSA) is 95.9 Å². The van der Waals surface area contributed by atoms with Crippen LogP contribution in [0.2, 0.25) is 0 Å². The number of fused-ring (bicyclic) bond motifs is 5. The fourth-order valence-electron chi connectivity index (χ4n) is 4.54. The number of alkyl halides is 1. The van der Waals surface area contributed by atoms with Crippen LogP contribution in [0.25, 0.3) is 11.1 Å². The second-order valence-electron chi connectivity index (χ2n) is 8.70. The Kier molecular flexibility index (Phi) is 6.43. The summed E-state index contributed by atoms with van der Waals surface area (Å²) < 4.78 is 60.7. The Hall–Kier alpha value is -2.56. The maximum absolute atomic E-state index is 15.7. The molecule has 10 heteroatoms. The first-order chi connectivity index (χ1) is 15.6. The van der Waals surface area contributed by atoms with Crippen molar-refractivity contribution in [2.24, 2.45) is 0 Å². The highest BCUT2D eigenvalue weighted by Crippen LogP contribution is 2.35. The van der Waals surface area contributed by atoms with Crippen LogP contribution in [-0.2, 0) is 21.2 Å². The van der Waals surface area contributed by atoms with Gasteiger partial charge < -0.3 is 14.7 Å². The molecule has 0 aliphatic carbocycles. The van der Waals surface area contributed by atoms with Crippen molar-refractivity contribution in [3.63, 3.8) is 0 Å². The second-order valence-corrected chi connectivity index (χ2v) is 10.4. The van der Waals surface area contributed by atoms with Crippen molar-refractivity contribution < 1.29 is 31.8 Å². The molecule has 2 aliphatic rings. The SMILES string of the molecule is CC1(O)COc2ccccc2-c2cccc(c2F)CC2C(NS(=O)(=O)CF)CCCN2C1=O. The highest BCUT2D eigenvalue weighted by molar-refractivity contribution is 7.89. The Morgan fingerprint density at radius 3 is 2.70 bits per heavy atom. The van der Waals surface area contributed by atoms with E-state index >= 15 is 4.39 Å². The molecule has 33 heavy (non-hydrogen) atoms. The van der Waals surface area contributed by atoms with Crippen molar-refractivity contribution in [3.05, 3.63) is 53.8 Å². The number of carbonyl (C=O) groups is 1. The monoisotopic (exact) mass is 480 g/mol. The average Bonchev–Trinajstić information content (AvgIpc) is 2.79. The van der Waals surface area contributed by atoms with E-state index in [-0.39, 0.29) is 30.7 Å². The van der Waals surface area contributed by atoms with Gasteiger partial charge in [-0.2, -0.15) is 0 Å². The molecule has 7 nitrogen and oxygen atoms in total. The molecule has 1 saturated heterocycles. The molecule has 0 radical (unpaired) electrons. The quantitative estimate of drug-likeness (QED) is 0.704. The number of amides is 1. The van der Waals surface area contributed by atoms with Gasteiger partial charge in [0.1, 0.15) is 18.2 Å². The zero-order valence-corrected chi connectivity index (χ0v) is 18.9. The molecule has 1 amide bonds. The number of benzene rings is 2. The van der Waals surface area contributed by atoms with Crippen molar-refractivity contribution in [2.45, 2.75) is 43.9 Å². The number of carbonyl (C=O) groups excluding carboxylic acids is 1. The molecule has 178 valence electrons. The molecular weight excluding hydrogens is 454 g/mol. The van der Waals surface area contributed by atoms with Crippen LogP contribution >= 0.6 is 0 Å². The van der Waals surface area contributed by atoms with Crippen molar-refractivity contribution in [3.8, 4) is 16.9 Å². The van der Waals surface area contributed by atoms with E-state index in [0.717, 1.165) is 0 Å². The van der Waals surface area contributed by atoms with Crippen molar-refractivity contribution in [2.75, 3.05) is 19.2 Å². The maximum Gasteiger partial charge on any atom is 0.258 e. The van der Waals surface area contributed by atoms with E-state index in [9.17, 15) is 22.7 Å². The predicted octanol–water partition coefficient (Wildman–Crippen LogP) is 2.38. The molecule has 2 aromatic carbocycles. The molecule has 2 heterocycles. The van der Waals surface area contributed by atoms with Crippen LogP contribution in [0.5, 0.6) is 5.75 Å². The number of para-hydroxylation sites is 1. The lowest BCUT2D eigenvalue weighted by molar-refractivity contribution is -0.157. The highest BCUT2D eigenvalue weighted by atomic mass is 32.2. The van der Waals surface area contributed by atoms with E-state index in [0.29, 0.717) is 24.2 Å². The van der Waals surface area contributed by atoms with Crippen LogP contribution in [0.15, 0.2) is 42.5 Å². The number of hydrogen-bond acceptors (Lipinski definition) is 5. The van der Waals surface area contributed by atoms with Gasteiger partial charge >= 0.3 is 0 Å². The van der Waals surface area contributed by atoms with Gasteiger partial charge in [0.2, 0.25) is 16.0 Å². The number of hydrogen-bond donors (Lipinski definition) is 2. The van der Waals surface area contributed by atoms with Gasteiger partial charge in [-0.15, -0.1) is 0 Å². The van der Waals surface area contributed by atoms with E-state index in [4.69, 9.17) is 4.74 Å². The molecule has 1 fully saturated rings. The first-order valence-electron chi connectivity index (χ1n) is 10.7. The Morgan fingerprint density at radius 2 is 1.94 bits per heavy atom. The van der Waals surface area contributed by atoms with E-state index in [1.165, 1.54) is 11.8 Å². The standard InChI is InChI=1S/C23H26F2N2O5S/c1-23(29)13-32-20-10-3-2-7-16(20)17-8-4-6-15(21(17)25)12-19-18(26-33(30,31)14-24)9-5-11-27(19)22(23)28/h2-4,6-8,10,18-19,26,29H,5,9,11-14H2,1H3. The molecular formula is C23H26F2N2O5S. The van der Waals surface area contributed by atoms with Gasteiger partial charge in [-0.1, -0.05) is 36.4 Å². The summed E-state index contributed by atoms with van der Waals surface area (Å²) in [6.07, 6.45) is 0.768. The van der Waals surface area contributed by atoms with E-state index < -0.39 is 45.4 Å². The van der Waals surface area contributed by atoms with Gasteiger partial charge in [0.25, 0.3) is 5.91 Å². The largest absolute Gasteiger partial charge is 0.489 e. The molecule has 0 aromatic heterocycles. The molecule has 2 bridgehead atoms. The highest BCUT2D eigenvalue weighted by Gasteiger charge is 2.43. The third-order valence-corrected chi connectivity index (χ3v) is 7.12. The zero-order valence-electron chi connectivity index (χ0n) is 18.1. The van der Waals surface area contributed by atoms with Crippen molar-refractivity contribution in [1.29, 1.82) is 0 Å². The average molecular weight is 481 g/mol. The lowest BCUT2D eigenvalue weighted by Gasteiger charge is -2.44. The number of ether oxygens (including phenoxy) is 1. The van der Waals surface area contributed by atoms with E-state index in [1.807, 2.05) is 0 Å². The summed E-state index contributed by atoms with van der Waals surface area (Å²) >= 11 is 0. The molecule has 2 aromatic rings. The summed E-state index contributed by atoms with van der Waals surface area (Å²) in [4.78, 5) is 14.7. The van der Waals surface area contributed by atoms with Crippen LogP contribution in [0.4, 0.5) is 8.78 Å². The van der Waals surface area contributed by atoms with Gasteiger partial charge in [0.15, 0.2) is 5.60 Å². The van der Waals surface area contributed by atoms with Gasteiger partial charge in [-0.05, 0) is 37.8 Å². The Balaban J connectivity index is 1.85. The van der Waals surface area contributed by atoms with Gasteiger partial charge in [0, 0.05) is 23.7 Å². The maximum atomic E-state index is 15.7. The van der Waals surface area contributed by atoms with E-state index in [2.05, 4.69) is 4.72 Å². The minimum atomic E-state index is -4.22. The number of nitrogens with one attached hydrogen (secondary N) is 1. The zero-order chi connectivity index (χ0) is 23.8. The van der Waals surface area contributed by atoms with Crippen LogP contribution in [-0.4, -0.2) is 61.2 Å². The summed E-state index contributed by atoms with van der Waals surface area (Å²) in [5, 5.41) is 11.0. The third-order valence-electron chi connectivity index (χ3n) is 6.17. The van der Waals surface area contributed by atoms with Gasteiger partial charge in [-0.3, -0.25) is 4.79 Å². The number of piperidine rings is 1. The smallest absolute Gasteiger partial charge is 0.258 e. The predicted molar refractivity (Wildman–Crippen MR) is 118 cm³/mol.